The van der Waals surface area contributed by atoms with Crippen LogP contribution in [0.25, 0.3) is 0 Å². The predicted octanol–water partition coefficient (Wildman–Crippen LogP) is 3.18. The normalized spacial score (nSPS) is 13.6. The van der Waals surface area contributed by atoms with Crippen molar-refractivity contribution in [1.82, 2.24) is 0 Å². The molecular formula is C14H18N2O. The monoisotopic (exact) mass is 230 g/mol. The van der Waals surface area contributed by atoms with E-state index in [4.69, 9.17) is 5.26 Å². The molecule has 1 aromatic rings. The summed E-state index contributed by atoms with van der Waals surface area (Å²) < 4.78 is 0. The van der Waals surface area contributed by atoms with Gasteiger partial charge in [-0.15, -0.1) is 0 Å². The molecule has 0 aliphatic carbocycles. The van der Waals surface area contributed by atoms with Crippen LogP contribution in [0.1, 0.15) is 31.4 Å². The molecule has 0 fully saturated rings. The Bertz CT molecular complexity index is 474. The highest BCUT2D eigenvalue weighted by atomic mass is 16.2. The van der Waals surface area contributed by atoms with Crippen molar-refractivity contribution in [1.29, 1.82) is 5.26 Å². The van der Waals surface area contributed by atoms with Crippen molar-refractivity contribution in [2.24, 2.45) is 5.41 Å². The molecule has 0 spiro atoms. The Balaban J connectivity index is 2.96. The largest absolute Gasteiger partial charge is 0.324 e. The molecule has 1 unspecified atom stereocenters. The number of carbonyl (C=O) groups is 1. The molecule has 0 aliphatic heterocycles. The smallest absolute Gasteiger partial charge is 0.244 e. The van der Waals surface area contributed by atoms with E-state index in [0.717, 1.165) is 16.8 Å². The molecule has 0 saturated carbocycles. The van der Waals surface area contributed by atoms with Gasteiger partial charge in [-0.1, -0.05) is 19.1 Å². The summed E-state index contributed by atoms with van der Waals surface area (Å²) in [5.41, 5.74) is 1.90. The topological polar surface area (TPSA) is 52.9 Å². The molecule has 1 rings (SSSR count). The van der Waals surface area contributed by atoms with Crippen LogP contribution in [0, 0.1) is 30.6 Å². The summed E-state index contributed by atoms with van der Waals surface area (Å²) in [6.07, 6.45) is 0.500. The number of aryl methyl sites for hydroxylation is 2. The molecule has 0 aromatic heterocycles. The molecular weight excluding hydrogens is 212 g/mol. The number of hydrogen-bond donors (Lipinski definition) is 1. The highest BCUT2D eigenvalue weighted by molar-refractivity contribution is 5.97. The molecule has 0 heterocycles. The van der Waals surface area contributed by atoms with Crippen molar-refractivity contribution >= 4 is 11.6 Å². The van der Waals surface area contributed by atoms with Gasteiger partial charge < -0.3 is 5.32 Å². The van der Waals surface area contributed by atoms with Crippen LogP contribution >= 0.6 is 0 Å². The van der Waals surface area contributed by atoms with Gasteiger partial charge in [0.05, 0.1) is 6.07 Å². The quantitative estimate of drug-likeness (QED) is 0.867. The molecule has 1 atom stereocenters. The Morgan fingerprint density at radius 1 is 1.47 bits per heavy atom. The molecule has 0 saturated heterocycles. The minimum absolute atomic E-state index is 0.240. The molecule has 0 aliphatic rings. The average molecular weight is 230 g/mol. The second-order valence-corrected chi connectivity index (χ2v) is 4.57. The number of carbonyl (C=O) groups excluding carboxylic acids is 1. The zero-order valence-electron chi connectivity index (χ0n) is 10.8. The van der Waals surface area contributed by atoms with Gasteiger partial charge in [-0.25, -0.2) is 0 Å². The summed E-state index contributed by atoms with van der Waals surface area (Å²) in [6.45, 7) is 7.41. The van der Waals surface area contributed by atoms with Gasteiger partial charge in [0.25, 0.3) is 0 Å². The molecule has 3 heteroatoms. The van der Waals surface area contributed by atoms with Gasteiger partial charge in [-0.05, 0) is 44.4 Å². The van der Waals surface area contributed by atoms with E-state index in [0.29, 0.717) is 6.42 Å². The molecule has 3 nitrogen and oxygen atoms in total. The minimum atomic E-state index is -0.962. The van der Waals surface area contributed by atoms with Crippen molar-refractivity contribution in [2.45, 2.75) is 34.1 Å². The van der Waals surface area contributed by atoms with Gasteiger partial charge in [0.1, 0.15) is 5.41 Å². The molecule has 0 bridgehead atoms. The molecule has 17 heavy (non-hydrogen) atoms. The lowest BCUT2D eigenvalue weighted by Gasteiger charge is -2.19. The number of nitrogens with one attached hydrogen (secondary N) is 1. The van der Waals surface area contributed by atoms with E-state index in [1.54, 1.807) is 6.92 Å². The van der Waals surface area contributed by atoms with E-state index in [2.05, 4.69) is 11.4 Å². The number of anilines is 1. The minimum Gasteiger partial charge on any atom is -0.324 e. The SMILES string of the molecule is CCC(C)(C#N)C(=O)Nc1cc(C)ccc1C. The third-order valence-electron chi connectivity index (χ3n) is 3.10. The standard InChI is InChI=1S/C14H18N2O/c1-5-14(4,9-15)13(17)16-12-8-10(2)6-7-11(12)3/h6-8H,5H2,1-4H3,(H,16,17). The van der Waals surface area contributed by atoms with Crippen LogP contribution in [0.4, 0.5) is 5.69 Å². The summed E-state index contributed by atoms with van der Waals surface area (Å²) in [5, 5.41) is 11.9. The van der Waals surface area contributed by atoms with Crippen molar-refractivity contribution in [3.8, 4) is 6.07 Å². The third-order valence-corrected chi connectivity index (χ3v) is 3.10. The summed E-state index contributed by atoms with van der Waals surface area (Å²) in [6, 6.07) is 7.94. The zero-order chi connectivity index (χ0) is 13.1. The number of amides is 1. The lowest BCUT2D eigenvalue weighted by Crippen LogP contribution is -2.31. The molecule has 1 amide bonds. The summed E-state index contributed by atoms with van der Waals surface area (Å²) in [5.74, 6) is -0.240. The fourth-order valence-electron chi connectivity index (χ4n) is 1.42. The Labute approximate surface area is 102 Å². The van der Waals surface area contributed by atoms with E-state index in [9.17, 15) is 4.79 Å². The molecule has 1 N–H and O–H groups in total. The van der Waals surface area contributed by atoms with Crippen LogP contribution < -0.4 is 5.32 Å². The second-order valence-electron chi connectivity index (χ2n) is 4.57. The highest BCUT2D eigenvalue weighted by Crippen LogP contribution is 2.24. The molecule has 0 radical (unpaired) electrons. The lowest BCUT2D eigenvalue weighted by atomic mass is 9.88. The Morgan fingerprint density at radius 3 is 2.65 bits per heavy atom. The molecule has 1 aromatic carbocycles. The first kappa shape index (κ1) is 13.2. The first-order chi connectivity index (χ1) is 7.92. The van der Waals surface area contributed by atoms with E-state index < -0.39 is 5.41 Å². The predicted molar refractivity (Wildman–Crippen MR) is 68.6 cm³/mol. The summed E-state index contributed by atoms with van der Waals surface area (Å²) in [4.78, 5) is 12.0. The Morgan fingerprint density at radius 2 is 2.12 bits per heavy atom. The van der Waals surface area contributed by atoms with Crippen molar-refractivity contribution in [2.75, 3.05) is 5.32 Å². The van der Waals surface area contributed by atoms with Crippen LogP contribution in [-0.4, -0.2) is 5.91 Å². The van der Waals surface area contributed by atoms with E-state index in [1.807, 2.05) is 39.0 Å². The van der Waals surface area contributed by atoms with Crippen LogP contribution in [0.3, 0.4) is 0 Å². The van der Waals surface area contributed by atoms with Crippen molar-refractivity contribution in [3.05, 3.63) is 29.3 Å². The Kier molecular flexibility index (Phi) is 3.90. The average Bonchev–Trinajstić information content (AvgIpc) is 2.32. The van der Waals surface area contributed by atoms with Gasteiger partial charge in [0.15, 0.2) is 0 Å². The molecule has 90 valence electrons. The summed E-state index contributed by atoms with van der Waals surface area (Å²) >= 11 is 0. The van der Waals surface area contributed by atoms with Gasteiger partial charge in [0, 0.05) is 5.69 Å². The van der Waals surface area contributed by atoms with Crippen molar-refractivity contribution < 1.29 is 4.79 Å². The number of benzene rings is 1. The summed E-state index contributed by atoms with van der Waals surface area (Å²) in [7, 11) is 0. The highest BCUT2D eigenvalue weighted by Gasteiger charge is 2.31. The van der Waals surface area contributed by atoms with Crippen LogP contribution in [0.5, 0.6) is 0 Å². The van der Waals surface area contributed by atoms with E-state index in [1.165, 1.54) is 0 Å². The van der Waals surface area contributed by atoms with Crippen LogP contribution in [0.15, 0.2) is 18.2 Å². The number of nitriles is 1. The third kappa shape index (κ3) is 2.85. The lowest BCUT2D eigenvalue weighted by molar-refractivity contribution is -0.122. The van der Waals surface area contributed by atoms with Crippen molar-refractivity contribution in [3.63, 3.8) is 0 Å². The fraction of sp³-hybridized carbons (Fsp3) is 0.429. The maximum atomic E-state index is 12.0. The zero-order valence-corrected chi connectivity index (χ0v) is 10.8. The van der Waals surface area contributed by atoms with Gasteiger partial charge in [-0.3, -0.25) is 4.79 Å². The number of hydrogen-bond acceptors (Lipinski definition) is 2. The van der Waals surface area contributed by atoms with Gasteiger partial charge in [-0.2, -0.15) is 5.26 Å². The van der Waals surface area contributed by atoms with Crippen LogP contribution in [-0.2, 0) is 4.79 Å². The maximum absolute atomic E-state index is 12.0. The Hall–Kier alpha value is -1.82. The second kappa shape index (κ2) is 5.01. The first-order valence-electron chi connectivity index (χ1n) is 5.73. The number of rotatable bonds is 3. The van der Waals surface area contributed by atoms with Gasteiger partial charge in [0.2, 0.25) is 5.91 Å². The number of nitrogens with zero attached hydrogens (tertiary/aromatic N) is 1. The van der Waals surface area contributed by atoms with Crippen LogP contribution in [0.2, 0.25) is 0 Å². The maximum Gasteiger partial charge on any atom is 0.244 e. The van der Waals surface area contributed by atoms with E-state index in [-0.39, 0.29) is 5.91 Å². The first-order valence-corrected chi connectivity index (χ1v) is 5.73. The van der Waals surface area contributed by atoms with Gasteiger partial charge >= 0.3 is 0 Å². The fourth-order valence-corrected chi connectivity index (χ4v) is 1.42. The van der Waals surface area contributed by atoms with E-state index >= 15 is 0 Å².